The summed E-state index contributed by atoms with van der Waals surface area (Å²) in [6, 6.07) is 16.6. The molecule has 2 aromatic carbocycles. The van der Waals surface area contributed by atoms with E-state index in [9.17, 15) is 4.79 Å². The summed E-state index contributed by atoms with van der Waals surface area (Å²) >= 11 is 2.25. The molecule has 3 nitrogen and oxygen atoms in total. The van der Waals surface area contributed by atoms with Crippen LogP contribution in [-0.4, -0.2) is 34.9 Å². The van der Waals surface area contributed by atoms with Crippen molar-refractivity contribution in [3.8, 4) is 0 Å². The van der Waals surface area contributed by atoms with Crippen molar-refractivity contribution in [3.63, 3.8) is 0 Å². The molecule has 134 valence electrons. The van der Waals surface area contributed by atoms with Crippen LogP contribution in [0.3, 0.4) is 0 Å². The molecular weight excluding hydrogens is 439 g/mol. The fourth-order valence-corrected chi connectivity index (χ4v) is 4.60. The van der Waals surface area contributed by atoms with Crippen molar-refractivity contribution in [1.82, 2.24) is 9.47 Å². The minimum atomic E-state index is 0.113. The number of ketones is 1. The lowest BCUT2D eigenvalue weighted by Crippen LogP contribution is -2.39. The second kappa shape index (κ2) is 7.53. The summed E-state index contributed by atoms with van der Waals surface area (Å²) in [5, 5.41) is 1.05. The summed E-state index contributed by atoms with van der Waals surface area (Å²) in [6.07, 6.45) is 5.87. The first-order chi connectivity index (χ1) is 12.6. The molecule has 0 unspecified atom stereocenters. The van der Waals surface area contributed by atoms with Crippen LogP contribution in [-0.2, 0) is 6.54 Å². The summed E-state index contributed by atoms with van der Waals surface area (Å²) in [4.78, 5) is 15.7. The van der Waals surface area contributed by atoms with E-state index in [0.717, 1.165) is 38.7 Å². The third-order valence-electron chi connectivity index (χ3n) is 5.48. The predicted octanol–water partition coefficient (Wildman–Crippen LogP) is 4.96. The molecule has 1 fully saturated rings. The highest BCUT2D eigenvalue weighted by atomic mass is 131. The molecule has 0 N–H and O–H groups in total. The van der Waals surface area contributed by atoms with Crippen LogP contribution in [0.15, 0.2) is 54.7 Å². The number of hydrogen-bond acceptors (Lipinski definition) is 2. The van der Waals surface area contributed by atoms with Crippen LogP contribution in [0.2, 0.25) is 0 Å². The molecule has 1 aliphatic heterocycles. The number of nitrogens with zero attached hydrogens (tertiary/aromatic N) is 2. The SMILES string of the molecule is CN1CCCC[C@@H]1Cn1cc(C(=O)c2ccccc2[131I])c2ccccc21. The number of benzene rings is 2. The quantitative estimate of drug-likeness (QED) is 0.405. The average molecular weight is 462 g/mol. The molecule has 3 aromatic rings. The van der Waals surface area contributed by atoms with Crippen LogP contribution in [0.5, 0.6) is 0 Å². The van der Waals surface area contributed by atoms with Gasteiger partial charge in [0.25, 0.3) is 0 Å². The molecule has 4 heteroatoms. The van der Waals surface area contributed by atoms with Gasteiger partial charge in [-0.05, 0) is 67.2 Å². The van der Waals surface area contributed by atoms with Gasteiger partial charge in [-0.3, -0.25) is 4.79 Å². The molecule has 1 aliphatic rings. The Balaban J connectivity index is 1.74. The van der Waals surface area contributed by atoms with Crippen molar-refractivity contribution in [2.24, 2.45) is 0 Å². The van der Waals surface area contributed by atoms with Crippen molar-refractivity contribution in [2.75, 3.05) is 13.6 Å². The van der Waals surface area contributed by atoms with Crippen molar-refractivity contribution < 1.29 is 4.79 Å². The highest BCUT2D eigenvalue weighted by Crippen LogP contribution is 2.27. The van der Waals surface area contributed by atoms with E-state index in [-0.39, 0.29) is 5.78 Å². The minimum Gasteiger partial charge on any atom is -0.345 e. The fourth-order valence-electron chi connectivity index (χ4n) is 3.97. The van der Waals surface area contributed by atoms with Gasteiger partial charge in [0.05, 0.1) is 0 Å². The zero-order valence-corrected chi connectivity index (χ0v) is 17.1. The summed E-state index contributed by atoms with van der Waals surface area (Å²) in [7, 11) is 2.22. The lowest BCUT2D eigenvalue weighted by atomic mass is 10.0. The molecule has 1 atom stereocenters. The molecule has 0 saturated carbocycles. The van der Waals surface area contributed by atoms with E-state index in [1.807, 2.05) is 30.3 Å². The van der Waals surface area contributed by atoms with Gasteiger partial charge in [-0.1, -0.05) is 36.8 Å². The van der Waals surface area contributed by atoms with Crippen LogP contribution in [0.25, 0.3) is 10.9 Å². The summed E-state index contributed by atoms with van der Waals surface area (Å²) in [6.45, 7) is 2.11. The Morgan fingerprint density at radius 2 is 1.85 bits per heavy atom. The maximum atomic E-state index is 13.2. The van der Waals surface area contributed by atoms with E-state index in [1.165, 1.54) is 19.3 Å². The first kappa shape index (κ1) is 17.7. The third-order valence-corrected chi connectivity index (χ3v) is 6.42. The Morgan fingerprint density at radius 1 is 1.08 bits per heavy atom. The number of rotatable bonds is 4. The zero-order valence-electron chi connectivity index (χ0n) is 15.0. The predicted molar refractivity (Wildman–Crippen MR) is 115 cm³/mol. The molecular formula is C22H23IN2O. The fraction of sp³-hybridized carbons (Fsp3) is 0.318. The van der Waals surface area contributed by atoms with Gasteiger partial charge in [0.15, 0.2) is 5.78 Å². The Bertz CT molecular complexity index is 946. The first-order valence-corrected chi connectivity index (χ1v) is 10.3. The summed E-state index contributed by atoms with van der Waals surface area (Å²) in [5.74, 6) is 0.113. The number of hydrogen-bond donors (Lipinski definition) is 0. The maximum absolute atomic E-state index is 13.2. The average Bonchev–Trinajstić information content (AvgIpc) is 3.02. The molecule has 1 saturated heterocycles. The topological polar surface area (TPSA) is 25.2 Å². The van der Waals surface area contributed by atoms with Crippen LogP contribution >= 0.6 is 22.6 Å². The molecule has 0 spiro atoms. The van der Waals surface area contributed by atoms with Crippen LogP contribution in [0.4, 0.5) is 0 Å². The molecule has 2 heterocycles. The van der Waals surface area contributed by atoms with Gasteiger partial charge in [-0.2, -0.15) is 0 Å². The van der Waals surface area contributed by atoms with Gasteiger partial charge >= 0.3 is 0 Å². The number of piperidine rings is 1. The Labute approximate surface area is 168 Å². The van der Waals surface area contributed by atoms with Gasteiger partial charge in [0, 0.05) is 44.4 Å². The van der Waals surface area contributed by atoms with Crippen LogP contribution in [0.1, 0.15) is 35.2 Å². The second-order valence-corrected chi connectivity index (χ2v) is 8.31. The van der Waals surface area contributed by atoms with Crippen molar-refractivity contribution in [2.45, 2.75) is 31.8 Å². The molecule has 0 bridgehead atoms. The monoisotopic (exact) mass is 462 g/mol. The number of halogens is 1. The molecule has 0 aliphatic carbocycles. The number of carbonyl (C=O) groups excluding carboxylic acids is 1. The Hall–Kier alpha value is -1.66. The number of carbonyl (C=O) groups is 1. The van der Waals surface area contributed by atoms with Gasteiger partial charge in [-0.15, -0.1) is 0 Å². The maximum Gasteiger partial charge on any atom is 0.196 e. The van der Waals surface area contributed by atoms with Crippen molar-refractivity contribution >= 4 is 39.3 Å². The highest BCUT2D eigenvalue weighted by molar-refractivity contribution is 14.1. The molecule has 0 amide bonds. The van der Waals surface area contributed by atoms with Gasteiger partial charge < -0.3 is 9.47 Å². The lowest BCUT2D eigenvalue weighted by Gasteiger charge is -2.32. The van der Waals surface area contributed by atoms with E-state index in [4.69, 9.17) is 0 Å². The van der Waals surface area contributed by atoms with Gasteiger partial charge in [0.2, 0.25) is 0 Å². The van der Waals surface area contributed by atoms with Crippen molar-refractivity contribution in [1.29, 1.82) is 0 Å². The second-order valence-electron chi connectivity index (χ2n) is 7.15. The number of para-hydroxylation sites is 1. The van der Waals surface area contributed by atoms with E-state index in [0.29, 0.717) is 6.04 Å². The third kappa shape index (κ3) is 3.32. The zero-order chi connectivity index (χ0) is 18.1. The molecule has 1 aromatic heterocycles. The Kier molecular flexibility index (Phi) is 5.14. The number of aromatic nitrogens is 1. The molecule has 4 rings (SSSR count). The number of likely N-dealkylation sites (N-methyl/N-ethyl adjacent to an activating group) is 1. The smallest absolute Gasteiger partial charge is 0.196 e. The lowest BCUT2D eigenvalue weighted by molar-refractivity contribution is 0.103. The van der Waals surface area contributed by atoms with Crippen LogP contribution in [0, 0.1) is 3.57 Å². The van der Waals surface area contributed by atoms with Gasteiger partial charge in [-0.25, -0.2) is 0 Å². The standard InChI is InChI=1S/C22H23IN2O/c1-24-13-7-6-8-16(24)14-25-15-19(17-9-3-5-12-21(17)25)22(26)18-10-2-4-11-20(18)23/h2-5,9-12,15-16H,6-8,13-14H2,1H3/t16-/m1/s1/i23+4. The van der Waals surface area contributed by atoms with E-state index < -0.39 is 0 Å². The first-order valence-electron chi connectivity index (χ1n) is 9.22. The molecule has 0 radical (unpaired) electrons. The summed E-state index contributed by atoms with van der Waals surface area (Å²) in [5.41, 5.74) is 2.75. The highest BCUT2D eigenvalue weighted by Gasteiger charge is 2.22. The van der Waals surface area contributed by atoms with E-state index in [2.05, 4.69) is 63.5 Å². The van der Waals surface area contributed by atoms with Crippen molar-refractivity contribution in [3.05, 3.63) is 69.4 Å². The minimum absolute atomic E-state index is 0.113. The van der Waals surface area contributed by atoms with E-state index >= 15 is 0 Å². The normalized spacial score (nSPS) is 18.3. The van der Waals surface area contributed by atoms with Gasteiger partial charge in [0.1, 0.15) is 0 Å². The number of likely N-dealkylation sites (tertiary alicyclic amines) is 1. The van der Waals surface area contributed by atoms with E-state index in [1.54, 1.807) is 0 Å². The Morgan fingerprint density at radius 3 is 2.65 bits per heavy atom. The van der Waals surface area contributed by atoms with Crippen LogP contribution < -0.4 is 0 Å². The largest absolute Gasteiger partial charge is 0.345 e. The molecule has 26 heavy (non-hydrogen) atoms. The number of fused-ring (bicyclic) bond motifs is 1. The summed E-state index contributed by atoms with van der Waals surface area (Å²) < 4.78 is 3.28.